The minimum absolute atomic E-state index is 0.0842. The highest BCUT2D eigenvalue weighted by Crippen LogP contribution is 2.58. The molecule has 2 unspecified atom stereocenters. The molecule has 2 saturated heterocycles. The third-order valence-electron chi connectivity index (χ3n) is 5.29. The van der Waals surface area contributed by atoms with Crippen LogP contribution in [0.2, 0.25) is 0 Å². The van der Waals surface area contributed by atoms with Crippen LogP contribution in [0.3, 0.4) is 0 Å². The molecular formula is C15H21F3O6. The third-order valence-corrected chi connectivity index (χ3v) is 5.29. The topological polar surface area (TPSA) is 69.8 Å². The van der Waals surface area contributed by atoms with Gasteiger partial charge >= 0.3 is 6.36 Å². The van der Waals surface area contributed by atoms with E-state index >= 15 is 0 Å². The number of hydrogen-bond acceptors (Lipinski definition) is 6. The van der Waals surface area contributed by atoms with Gasteiger partial charge in [-0.15, -0.1) is 13.2 Å². The zero-order valence-corrected chi connectivity index (χ0v) is 13.7. The first-order valence-electron chi connectivity index (χ1n) is 7.78. The minimum atomic E-state index is -4.66. The highest BCUT2D eigenvalue weighted by atomic mass is 19.4. The second-order valence-electron chi connectivity index (χ2n) is 6.69. The van der Waals surface area contributed by atoms with E-state index in [0.29, 0.717) is 13.0 Å². The van der Waals surface area contributed by atoms with Crippen LogP contribution in [0.1, 0.15) is 19.8 Å². The van der Waals surface area contributed by atoms with Crippen LogP contribution < -0.4 is 0 Å². The zero-order chi connectivity index (χ0) is 17.8. The highest BCUT2D eigenvalue weighted by molar-refractivity contribution is 5.89. The van der Waals surface area contributed by atoms with Crippen molar-refractivity contribution in [3.05, 3.63) is 0 Å². The van der Waals surface area contributed by atoms with Gasteiger partial charge in [0.2, 0.25) is 0 Å². The molecule has 6 nitrogen and oxygen atoms in total. The first-order valence-corrected chi connectivity index (χ1v) is 7.78. The van der Waals surface area contributed by atoms with E-state index in [1.807, 2.05) is 0 Å². The number of rotatable bonds is 6. The van der Waals surface area contributed by atoms with Gasteiger partial charge in [-0.2, -0.15) is 0 Å². The lowest BCUT2D eigenvalue weighted by Gasteiger charge is -2.40. The van der Waals surface area contributed by atoms with Crippen molar-refractivity contribution < 1.29 is 41.7 Å². The predicted octanol–water partition coefficient (Wildman–Crippen LogP) is 1.46. The SMILES string of the molecule is CO[C@@H]1C(=O)[C@H](OC)C[C@]2(CO2)[C@H]1C1(C)OC1CCOC(F)(F)F. The summed E-state index contributed by atoms with van der Waals surface area (Å²) in [7, 11) is 2.88. The number of hydrogen-bond donors (Lipinski definition) is 0. The molecule has 0 aromatic heterocycles. The smallest absolute Gasteiger partial charge is 0.373 e. The molecule has 24 heavy (non-hydrogen) atoms. The van der Waals surface area contributed by atoms with E-state index in [-0.39, 0.29) is 18.1 Å². The number of carbonyl (C=O) groups excluding carboxylic acids is 1. The largest absolute Gasteiger partial charge is 0.522 e. The van der Waals surface area contributed by atoms with Gasteiger partial charge in [0.1, 0.15) is 23.4 Å². The van der Waals surface area contributed by atoms with Gasteiger partial charge < -0.3 is 18.9 Å². The molecule has 2 heterocycles. The second kappa shape index (κ2) is 5.91. The lowest BCUT2D eigenvalue weighted by molar-refractivity contribution is -0.324. The number of ether oxygens (including phenoxy) is 5. The Balaban J connectivity index is 1.70. The Morgan fingerprint density at radius 2 is 1.96 bits per heavy atom. The lowest BCUT2D eigenvalue weighted by Crippen LogP contribution is -2.58. The number of Topliss-reactive ketones (excluding diaryl/α,β-unsaturated/α-hetero) is 1. The van der Waals surface area contributed by atoms with Gasteiger partial charge in [-0.25, -0.2) is 0 Å². The Morgan fingerprint density at radius 1 is 1.29 bits per heavy atom. The van der Waals surface area contributed by atoms with Crippen molar-refractivity contribution in [1.82, 2.24) is 0 Å². The molecule has 1 spiro atoms. The molecule has 1 saturated carbocycles. The molecule has 1 aliphatic carbocycles. The van der Waals surface area contributed by atoms with Gasteiger partial charge in [-0.1, -0.05) is 0 Å². The maximum absolute atomic E-state index is 12.5. The van der Waals surface area contributed by atoms with Crippen molar-refractivity contribution in [2.75, 3.05) is 27.4 Å². The van der Waals surface area contributed by atoms with Crippen molar-refractivity contribution in [2.45, 2.75) is 55.6 Å². The van der Waals surface area contributed by atoms with Crippen LogP contribution in [0.15, 0.2) is 0 Å². The van der Waals surface area contributed by atoms with E-state index in [0.717, 1.165) is 0 Å². The Labute approximate surface area is 137 Å². The number of epoxide rings is 2. The van der Waals surface area contributed by atoms with E-state index in [9.17, 15) is 18.0 Å². The fourth-order valence-electron chi connectivity index (χ4n) is 4.00. The molecule has 138 valence electrons. The van der Waals surface area contributed by atoms with Crippen LogP contribution in [-0.2, 0) is 28.5 Å². The average Bonchev–Trinajstić information content (AvgIpc) is 3.39. The van der Waals surface area contributed by atoms with E-state index in [4.69, 9.17) is 18.9 Å². The summed E-state index contributed by atoms with van der Waals surface area (Å²) in [6.07, 6.45) is -5.99. The fourth-order valence-corrected chi connectivity index (χ4v) is 4.00. The fraction of sp³-hybridized carbons (Fsp3) is 0.933. The summed E-state index contributed by atoms with van der Waals surface area (Å²) in [5, 5.41) is 0. The van der Waals surface area contributed by atoms with Gasteiger partial charge in [-0.05, 0) is 6.92 Å². The summed E-state index contributed by atoms with van der Waals surface area (Å²) in [5.41, 5.74) is -1.36. The van der Waals surface area contributed by atoms with Gasteiger partial charge in [0, 0.05) is 27.1 Å². The molecule has 0 amide bonds. The van der Waals surface area contributed by atoms with Crippen LogP contribution in [-0.4, -0.2) is 69.1 Å². The zero-order valence-electron chi connectivity index (χ0n) is 13.7. The van der Waals surface area contributed by atoms with E-state index in [1.54, 1.807) is 6.92 Å². The molecule has 0 aromatic carbocycles. The van der Waals surface area contributed by atoms with E-state index in [2.05, 4.69) is 4.74 Å². The van der Waals surface area contributed by atoms with Gasteiger partial charge in [0.15, 0.2) is 5.78 Å². The number of carbonyl (C=O) groups is 1. The maximum Gasteiger partial charge on any atom is 0.522 e. The lowest BCUT2D eigenvalue weighted by atomic mass is 9.68. The average molecular weight is 354 g/mol. The summed E-state index contributed by atoms with van der Waals surface area (Å²) in [5.74, 6) is -0.571. The van der Waals surface area contributed by atoms with Crippen molar-refractivity contribution in [2.24, 2.45) is 5.92 Å². The van der Waals surface area contributed by atoms with Crippen LogP contribution in [0.25, 0.3) is 0 Å². The van der Waals surface area contributed by atoms with Crippen LogP contribution in [0.5, 0.6) is 0 Å². The van der Waals surface area contributed by atoms with Gasteiger partial charge in [0.05, 0.1) is 25.2 Å². The molecule has 3 fully saturated rings. The Kier molecular flexibility index (Phi) is 4.45. The van der Waals surface area contributed by atoms with Crippen molar-refractivity contribution in [3.63, 3.8) is 0 Å². The summed E-state index contributed by atoms with van der Waals surface area (Å²) < 4.78 is 62.0. The summed E-state index contributed by atoms with van der Waals surface area (Å²) >= 11 is 0. The molecule has 0 aromatic rings. The molecule has 3 aliphatic rings. The Morgan fingerprint density at radius 3 is 2.46 bits per heavy atom. The number of methoxy groups -OCH3 is 2. The Bertz CT molecular complexity index is 506. The molecule has 0 bridgehead atoms. The maximum atomic E-state index is 12.5. The number of halogens is 3. The monoisotopic (exact) mass is 354 g/mol. The first-order chi connectivity index (χ1) is 11.2. The first kappa shape index (κ1) is 18.1. The summed E-state index contributed by atoms with van der Waals surface area (Å²) in [4.78, 5) is 12.5. The molecular weight excluding hydrogens is 333 g/mol. The minimum Gasteiger partial charge on any atom is -0.373 e. The van der Waals surface area contributed by atoms with Crippen LogP contribution >= 0.6 is 0 Å². The molecule has 2 aliphatic heterocycles. The Hall–Kier alpha value is -0.740. The van der Waals surface area contributed by atoms with Crippen molar-refractivity contribution in [1.29, 1.82) is 0 Å². The van der Waals surface area contributed by atoms with Crippen LogP contribution in [0, 0.1) is 5.92 Å². The summed E-state index contributed by atoms with van der Waals surface area (Å²) in [6, 6.07) is 0. The molecule has 0 N–H and O–H groups in total. The molecule has 9 heteroatoms. The number of alkyl halides is 3. The van der Waals surface area contributed by atoms with Gasteiger partial charge in [0.25, 0.3) is 0 Å². The van der Waals surface area contributed by atoms with Crippen LogP contribution in [0.4, 0.5) is 13.2 Å². The molecule has 3 rings (SSSR count). The van der Waals surface area contributed by atoms with Crippen molar-refractivity contribution >= 4 is 5.78 Å². The third kappa shape index (κ3) is 3.08. The number of ketones is 1. The second-order valence-corrected chi connectivity index (χ2v) is 6.69. The van der Waals surface area contributed by atoms with E-state index in [1.165, 1.54) is 14.2 Å². The predicted molar refractivity (Wildman–Crippen MR) is 73.3 cm³/mol. The van der Waals surface area contributed by atoms with Gasteiger partial charge in [-0.3, -0.25) is 9.53 Å². The summed E-state index contributed by atoms with van der Waals surface area (Å²) in [6.45, 7) is 1.75. The molecule has 0 radical (unpaired) electrons. The highest BCUT2D eigenvalue weighted by Gasteiger charge is 2.73. The standard InChI is InChI=1S/C15H21F3O6/c1-13(9(24-13)4-5-22-15(16,17)18)12-11(21-3)10(19)8(20-2)6-14(12)7-23-14/h8-9,11-12H,4-7H2,1-3H3/t8-,9?,11-,12-,13?,14+/m1/s1. The normalized spacial score (nSPS) is 44.8. The molecule has 6 atom stereocenters. The quantitative estimate of drug-likeness (QED) is 0.673. The van der Waals surface area contributed by atoms with Crippen molar-refractivity contribution in [3.8, 4) is 0 Å². The van der Waals surface area contributed by atoms with E-state index < -0.39 is 42.5 Å².